The fourth-order valence-electron chi connectivity index (χ4n) is 2.15. The van der Waals surface area contributed by atoms with Crippen LogP contribution in [0, 0.1) is 12.3 Å². The van der Waals surface area contributed by atoms with Gasteiger partial charge >= 0.3 is 0 Å². The number of aliphatic hydroxyl groups is 1. The summed E-state index contributed by atoms with van der Waals surface area (Å²) in [4.78, 5) is 0. The van der Waals surface area contributed by atoms with Crippen molar-refractivity contribution in [1.82, 2.24) is 0 Å². The Morgan fingerprint density at radius 1 is 1.33 bits per heavy atom. The summed E-state index contributed by atoms with van der Waals surface area (Å²) >= 11 is 1.95. The standard InChI is InChI=1S/C15H22O2S/c1-13-5-2-3-6-14(13)7-4-8-18-12-15(9-16)10-17-11-15/h2-3,5-6,16H,4,7-12H2,1H3. The van der Waals surface area contributed by atoms with E-state index in [9.17, 15) is 5.11 Å². The summed E-state index contributed by atoms with van der Waals surface area (Å²) < 4.78 is 5.20. The van der Waals surface area contributed by atoms with Crippen LogP contribution in [-0.2, 0) is 11.2 Å². The molecule has 0 unspecified atom stereocenters. The monoisotopic (exact) mass is 266 g/mol. The Balaban J connectivity index is 1.63. The minimum atomic E-state index is 0.0628. The number of hydrogen-bond donors (Lipinski definition) is 1. The molecule has 0 saturated carbocycles. The highest BCUT2D eigenvalue weighted by atomic mass is 32.2. The summed E-state index contributed by atoms with van der Waals surface area (Å²) in [5.74, 6) is 2.19. The SMILES string of the molecule is Cc1ccccc1CCCSCC1(CO)COC1. The lowest BCUT2D eigenvalue weighted by Gasteiger charge is -2.39. The van der Waals surface area contributed by atoms with E-state index in [4.69, 9.17) is 4.74 Å². The van der Waals surface area contributed by atoms with E-state index in [0.717, 1.165) is 31.1 Å². The van der Waals surface area contributed by atoms with Gasteiger partial charge < -0.3 is 9.84 Å². The van der Waals surface area contributed by atoms with Crippen LogP contribution in [0.5, 0.6) is 0 Å². The number of rotatable bonds is 7. The fourth-order valence-corrected chi connectivity index (χ4v) is 3.34. The maximum Gasteiger partial charge on any atom is 0.0575 e. The molecule has 2 rings (SSSR count). The van der Waals surface area contributed by atoms with Crippen LogP contribution in [0.1, 0.15) is 17.5 Å². The molecule has 1 N–H and O–H groups in total. The Morgan fingerprint density at radius 2 is 2.11 bits per heavy atom. The van der Waals surface area contributed by atoms with E-state index in [2.05, 4.69) is 31.2 Å². The first-order chi connectivity index (χ1) is 8.76. The number of hydrogen-bond acceptors (Lipinski definition) is 3. The number of thioether (sulfide) groups is 1. The molecule has 18 heavy (non-hydrogen) atoms. The second kappa shape index (κ2) is 6.60. The summed E-state index contributed by atoms with van der Waals surface area (Å²) in [5.41, 5.74) is 2.91. The smallest absolute Gasteiger partial charge is 0.0575 e. The normalized spacial score (nSPS) is 17.4. The van der Waals surface area contributed by atoms with Crippen LogP contribution < -0.4 is 0 Å². The first kappa shape index (κ1) is 13.9. The molecule has 1 aromatic rings. The summed E-state index contributed by atoms with van der Waals surface area (Å²) in [7, 11) is 0. The zero-order chi connectivity index (χ0) is 12.8. The van der Waals surface area contributed by atoms with E-state index in [1.807, 2.05) is 11.8 Å². The maximum atomic E-state index is 9.31. The number of aryl methyl sites for hydroxylation is 2. The maximum absolute atomic E-state index is 9.31. The van der Waals surface area contributed by atoms with Gasteiger partial charge in [0.25, 0.3) is 0 Å². The van der Waals surface area contributed by atoms with Gasteiger partial charge in [0.2, 0.25) is 0 Å². The first-order valence-electron chi connectivity index (χ1n) is 6.57. The number of aliphatic hydroxyl groups excluding tert-OH is 1. The number of ether oxygens (including phenoxy) is 1. The topological polar surface area (TPSA) is 29.5 Å². The van der Waals surface area contributed by atoms with Crippen molar-refractivity contribution in [3.05, 3.63) is 35.4 Å². The lowest BCUT2D eigenvalue weighted by atomic mass is 9.90. The molecular formula is C15H22O2S. The van der Waals surface area contributed by atoms with Crippen molar-refractivity contribution < 1.29 is 9.84 Å². The van der Waals surface area contributed by atoms with Crippen LogP contribution in [-0.4, -0.2) is 36.4 Å². The van der Waals surface area contributed by atoms with Crippen molar-refractivity contribution in [3.63, 3.8) is 0 Å². The second-order valence-corrected chi connectivity index (χ2v) is 6.34. The molecule has 1 aromatic carbocycles. The summed E-state index contributed by atoms with van der Waals surface area (Å²) in [6.45, 7) is 3.90. The van der Waals surface area contributed by atoms with Crippen LogP contribution in [0.3, 0.4) is 0 Å². The van der Waals surface area contributed by atoms with Crippen molar-refractivity contribution in [2.24, 2.45) is 5.41 Å². The van der Waals surface area contributed by atoms with E-state index in [1.165, 1.54) is 17.5 Å². The summed E-state index contributed by atoms with van der Waals surface area (Å²) in [6.07, 6.45) is 2.36. The molecule has 0 aromatic heterocycles. The van der Waals surface area contributed by atoms with E-state index in [-0.39, 0.29) is 12.0 Å². The molecule has 2 nitrogen and oxygen atoms in total. The van der Waals surface area contributed by atoms with Gasteiger partial charge in [-0.05, 0) is 36.6 Å². The van der Waals surface area contributed by atoms with Crippen LogP contribution in [0.4, 0.5) is 0 Å². The van der Waals surface area contributed by atoms with Gasteiger partial charge in [0.15, 0.2) is 0 Å². The Bertz CT molecular complexity index is 369. The van der Waals surface area contributed by atoms with Gasteiger partial charge in [-0.25, -0.2) is 0 Å². The third kappa shape index (κ3) is 3.50. The van der Waals surface area contributed by atoms with Gasteiger partial charge in [-0.3, -0.25) is 0 Å². The Labute approximate surface area is 114 Å². The minimum absolute atomic E-state index is 0.0628. The van der Waals surface area contributed by atoms with Gasteiger partial charge in [-0.15, -0.1) is 0 Å². The van der Waals surface area contributed by atoms with Crippen LogP contribution in [0.2, 0.25) is 0 Å². The van der Waals surface area contributed by atoms with Crippen molar-refractivity contribution in [3.8, 4) is 0 Å². The van der Waals surface area contributed by atoms with Crippen molar-refractivity contribution >= 4 is 11.8 Å². The minimum Gasteiger partial charge on any atom is -0.396 e. The van der Waals surface area contributed by atoms with Crippen molar-refractivity contribution in [1.29, 1.82) is 0 Å². The Morgan fingerprint density at radius 3 is 2.72 bits per heavy atom. The van der Waals surface area contributed by atoms with Gasteiger partial charge in [0.1, 0.15) is 0 Å². The summed E-state index contributed by atoms with van der Waals surface area (Å²) in [6, 6.07) is 8.60. The molecular weight excluding hydrogens is 244 g/mol. The van der Waals surface area contributed by atoms with E-state index in [1.54, 1.807) is 0 Å². The van der Waals surface area contributed by atoms with Crippen LogP contribution in [0.15, 0.2) is 24.3 Å². The third-order valence-corrected chi connectivity index (χ3v) is 4.95. The predicted molar refractivity (Wildman–Crippen MR) is 77.2 cm³/mol. The molecule has 1 saturated heterocycles. The highest BCUT2D eigenvalue weighted by Gasteiger charge is 2.37. The molecule has 1 fully saturated rings. The first-order valence-corrected chi connectivity index (χ1v) is 7.72. The van der Waals surface area contributed by atoms with Gasteiger partial charge in [0, 0.05) is 11.2 Å². The molecule has 0 atom stereocenters. The van der Waals surface area contributed by atoms with E-state index >= 15 is 0 Å². The van der Waals surface area contributed by atoms with Crippen molar-refractivity contribution in [2.75, 3.05) is 31.3 Å². The van der Waals surface area contributed by atoms with Crippen molar-refractivity contribution in [2.45, 2.75) is 19.8 Å². The molecule has 1 aliphatic rings. The van der Waals surface area contributed by atoms with Gasteiger partial charge in [-0.2, -0.15) is 11.8 Å². The molecule has 0 amide bonds. The lowest BCUT2D eigenvalue weighted by molar-refractivity contribution is -0.121. The zero-order valence-electron chi connectivity index (χ0n) is 11.0. The Kier molecular flexibility index (Phi) is 5.10. The average Bonchev–Trinajstić information content (AvgIpc) is 2.34. The highest BCUT2D eigenvalue weighted by molar-refractivity contribution is 7.99. The zero-order valence-corrected chi connectivity index (χ0v) is 11.8. The van der Waals surface area contributed by atoms with Gasteiger partial charge in [-0.1, -0.05) is 24.3 Å². The molecule has 1 aliphatic heterocycles. The number of benzene rings is 1. The summed E-state index contributed by atoms with van der Waals surface area (Å²) in [5, 5.41) is 9.31. The van der Waals surface area contributed by atoms with E-state index < -0.39 is 0 Å². The molecule has 100 valence electrons. The molecule has 3 heteroatoms. The quantitative estimate of drug-likeness (QED) is 0.769. The molecule has 0 radical (unpaired) electrons. The van der Waals surface area contributed by atoms with Gasteiger partial charge in [0.05, 0.1) is 19.8 Å². The largest absolute Gasteiger partial charge is 0.396 e. The highest BCUT2D eigenvalue weighted by Crippen LogP contribution is 2.31. The average molecular weight is 266 g/mol. The Hall–Kier alpha value is -0.510. The van der Waals surface area contributed by atoms with Crippen LogP contribution >= 0.6 is 11.8 Å². The molecule has 0 spiro atoms. The molecule has 0 bridgehead atoms. The second-order valence-electron chi connectivity index (χ2n) is 5.23. The molecule has 0 aliphatic carbocycles. The molecule has 1 heterocycles. The lowest BCUT2D eigenvalue weighted by Crippen LogP contribution is -2.47. The van der Waals surface area contributed by atoms with Crippen LogP contribution in [0.25, 0.3) is 0 Å². The predicted octanol–water partition coefficient (Wildman–Crippen LogP) is 2.67. The third-order valence-electron chi connectivity index (χ3n) is 3.56. The van der Waals surface area contributed by atoms with E-state index in [0.29, 0.717) is 0 Å². The fraction of sp³-hybridized carbons (Fsp3) is 0.600.